The molecule has 1 aliphatic heterocycles. The quantitative estimate of drug-likeness (QED) is 0.826. The molecule has 1 atom stereocenters. The largest absolute Gasteiger partial charge is 0.475 e. The molecule has 1 unspecified atom stereocenters. The van der Waals surface area contributed by atoms with Crippen LogP contribution in [0.3, 0.4) is 0 Å². The van der Waals surface area contributed by atoms with E-state index >= 15 is 0 Å². The Balaban J connectivity index is 1.90. The van der Waals surface area contributed by atoms with Crippen LogP contribution in [0, 0.1) is 12.7 Å². The molecule has 0 saturated carbocycles. The Morgan fingerprint density at radius 2 is 1.95 bits per heavy atom. The molecule has 2 aromatic rings. The van der Waals surface area contributed by atoms with Gasteiger partial charge in [0.25, 0.3) is 0 Å². The minimum Gasteiger partial charge on any atom is -0.475 e. The van der Waals surface area contributed by atoms with Gasteiger partial charge in [-0.1, -0.05) is 43.3 Å². The Kier molecular flexibility index (Phi) is 3.74. The summed E-state index contributed by atoms with van der Waals surface area (Å²) in [6.45, 7) is 4.47. The van der Waals surface area contributed by atoms with E-state index in [2.05, 4.69) is 36.2 Å². The highest BCUT2D eigenvalue weighted by Crippen LogP contribution is 2.27. The van der Waals surface area contributed by atoms with Crippen LogP contribution in [0.1, 0.15) is 35.2 Å². The number of rotatable bonds is 3. The number of hydrogen-bond acceptors (Lipinski definition) is 2. The third kappa shape index (κ3) is 2.68. The summed E-state index contributed by atoms with van der Waals surface area (Å²) in [5.74, 6) is 0.130. The second-order valence-electron chi connectivity index (χ2n) is 5.29. The molecular formula is C18H18FNO. The van der Waals surface area contributed by atoms with Crippen LogP contribution >= 0.6 is 0 Å². The van der Waals surface area contributed by atoms with Crippen LogP contribution in [0.25, 0.3) is 0 Å². The molecule has 1 heterocycles. The summed E-state index contributed by atoms with van der Waals surface area (Å²) in [7, 11) is 0. The molecule has 1 aliphatic rings. The lowest BCUT2D eigenvalue weighted by Crippen LogP contribution is -2.06. The Morgan fingerprint density at radius 1 is 1.19 bits per heavy atom. The number of benzene rings is 2. The van der Waals surface area contributed by atoms with E-state index in [4.69, 9.17) is 4.74 Å². The third-order valence-electron chi connectivity index (χ3n) is 3.86. The van der Waals surface area contributed by atoms with Crippen molar-refractivity contribution in [3.63, 3.8) is 0 Å². The third-order valence-corrected chi connectivity index (χ3v) is 3.86. The molecule has 108 valence electrons. The second-order valence-corrected chi connectivity index (χ2v) is 5.29. The van der Waals surface area contributed by atoms with Gasteiger partial charge in [0.2, 0.25) is 5.90 Å². The number of hydrogen-bond donors (Lipinski definition) is 0. The smallest absolute Gasteiger partial charge is 0.220 e. The number of aliphatic imine (C=N–C) groups is 1. The number of ether oxygens (including phenoxy) is 1. The summed E-state index contributed by atoms with van der Waals surface area (Å²) in [6.07, 6.45) is 1.02. The van der Waals surface area contributed by atoms with E-state index in [-0.39, 0.29) is 11.9 Å². The predicted molar refractivity (Wildman–Crippen MR) is 82.2 cm³/mol. The second kappa shape index (κ2) is 5.68. The van der Waals surface area contributed by atoms with Gasteiger partial charge in [0, 0.05) is 0 Å². The van der Waals surface area contributed by atoms with Crippen molar-refractivity contribution in [2.24, 2.45) is 4.99 Å². The van der Waals surface area contributed by atoms with Gasteiger partial charge in [-0.15, -0.1) is 0 Å². The summed E-state index contributed by atoms with van der Waals surface area (Å²) in [5, 5.41) is 0. The van der Waals surface area contributed by atoms with Crippen molar-refractivity contribution in [3.8, 4) is 0 Å². The van der Waals surface area contributed by atoms with Gasteiger partial charge in [0.15, 0.2) is 0 Å². The summed E-state index contributed by atoms with van der Waals surface area (Å²) in [4.78, 5) is 4.56. The van der Waals surface area contributed by atoms with Crippen LogP contribution in [0.4, 0.5) is 4.39 Å². The van der Waals surface area contributed by atoms with Crippen molar-refractivity contribution >= 4 is 5.90 Å². The molecule has 21 heavy (non-hydrogen) atoms. The van der Waals surface area contributed by atoms with Gasteiger partial charge in [0.1, 0.15) is 18.5 Å². The molecule has 2 aromatic carbocycles. The van der Waals surface area contributed by atoms with Crippen LogP contribution in [0.2, 0.25) is 0 Å². The van der Waals surface area contributed by atoms with Crippen LogP contribution in [0.5, 0.6) is 0 Å². The van der Waals surface area contributed by atoms with Crippen molar-refractivity contribution in [3.05, 3.63) is 70.5 Å². The van der Waals surface area contributed by atoms with Gasteiger partial charge >= 0.3 is 0 Å². The average Bonchev–Trinajstić information content (AvgIpc) is 2.97. The van der Waals surface area contributed by atoms with E-state index in [0.717, 1.165) is 17.5 Å². The summed E-state index contributed by atoms with van der Waals surface area (Å²) >= 11 is 0. The van der Waals surface area contributed by atoms with Crippen LogP contribution in [-0.2, 0) is 11.2 Å². The van der Waals surface area contributed by atoms with Gasteiger partial charge in [0.05, 0.1) is 5.56 Å². The SMILES string of the molecule is CCc1ccc(C2COC(c3c(C)cccc3F)=N2)cc1. The molecule has 0 fully saturated rings. The first-order valence-corrected chi connectivity index (χ1v) is 7.24. The van der Waals surface area contributed by atoms with Gasteiger partial charge in [-0.2, -0.15) is 0 Å². The van der Waals surface area contributed by atoms with Crippen molar-refractivity contribution in [1.29, 1.82) is 0 Å². The molecule has 0 amide bonds. The first-order chi connectivity index (χ1) is 10.2. The first kappa shape index (κ1) is 13.8. The van der Waals surface area contributed by atoms with Crippen LogP contribution < -0.4 is 0 Å². The van der Waals surface area contributed by atoms with Gasteiger partial charge in [-0.25, -0.2) is 9.38 Å². The molecule has 0 saturated heterocycles. The maximum absolute atomic E-state index is 14.0. The summed E-state index contributed by atoms with van der Waals surface area (Å²) in [5.41, 5.74) is 3.73. The molecule has 0 bridgehead atoms. The molecule has 0 N–H and O–H groups in total. The minimum absolute atomic E-state index is 0.0510. The van der Waals surface area contributed by atoms with E-state index in [1.807, 2.05) is 13.0 Å². The van der Waals surface area contributed by atoms with Gasteiger partial charge in [-0.3, -0.25) is 0 Å². The highest BCUT2D eigenvalue weighted by Gasteiger charge is 2.24. The molecule has 0 radical (unpaired) electrons. The Morgan fingerprint density at radius 3 is 2.62 bits per heavy atom. The highest BCUT2D eigenvalue weighted by molar-refractivity contribution is 5.96. The van der Waals surface area contributed by atoms with Crippen molar-refractivity contribution in [1.82, 2.24) is 0 Å². The Labute approximate surface area is 124 Å². The topological polar surface area (TPSA) is 21.6 Å². The molecule has 0 spiro atoms. The number of halogens is 1. The highest BCUT2D eigenvalue weighted by atomic mass is 19.1. The zero-order valence-electron chi connectivity index (χ0n) is 12.3. The monoisotopic (exact) mass is 283 g/mol. The number of aryl methyl sites for hydroxylation is 2. The average molecular weight is 283 g/mol. The molecule has 3 rings (SSSR count). The molecule has 0 aliphatic carbocycles. The molecular weight excluding hydrogens is 265 g/mol. The fourth-order valence-electron chi connectivity index (χ4n) is 2.56. The van der Waals surface area contributed by atoms with E-state index in [9.17, 15) is 4.39 Å². The fraction of sp³-hybridized carbons (Fsp3) is 0.278. The maximum atomic E-state index is 14.0. The standard InChI is InChI=1S/C18H18FNO/c1-3-13-7-9-14(10-8-13)16-11-21-18(20-16)17-12(2)5-4-6-15(17)19/h4-10,16H,3,11H2,1-2H3. The van der Waals surface area contributed by atoms with Crippen LogP contribution in [0.15, 0.2) is 47.5 Å². The number of nitrogens with zero attached hydrogens (tertiary/aromatic N) is 1. The minimum atomic E-state index is -0.282. The van der Waals surface area contributed by atoms with E-state index in [1.165, 1.54) is 11.6 Å². The first-order valence-electron chi connectivity index (χ1n) is 7.24. The van der Waals surface area contributed by atoms with E-state index < -0.39 is 0 Å². The zero-order valence-corrected chi connectivity index (χ0v) is 12.3. The Hall–Kier alpha value is -2.16. The molecule has 3 heteroatoms. The van der Waals surface area contributed by atoms with E-state index in [1.54, 1.807) is 6.07 Å². The van der Waals surface area contributed by atoms with E-state index in [0.29, 0.717) is 18.1 Å². The lowest BCUT2D eigenvalue weighted by molar-refractivity contribution is 0.318. The van der Waals surface area contributed by atoms with Gasteiger partial charge in [-0.05, 0) is 36.1 Å². The van der Waals surface area contributed by atoms with Crippen LogP contribution in [-0.4, -0.2) is 12.5 Å². The fourth-order valence-corrected chi connectivity index (χ4v) is 2.56. The lowest BCUT2D eigenvalue weighted by atomic mass is 10.0. The molecule has 0 aromatic heterocycles. The normalized spacial score (nSPS) is 17.5. The predicted octanol–water partition coefficient (Wildman–Crippen LogP) is 4.21. The van der Waals surface area contributed by atoms with Gasteiger partial charge < -0.3 is 4.74 Å². The summed E-state index contributed by atoms with van der Waals surface area (Å²) in [6, 6.07) is 13.3. The van der Waals surface area contributed by atoms with Crippen molar-refractivity contribution < 1.29 is 9.13 Å². The van der Waals surface area contributed by atoms with Crippen molar-refractivity contribution in [2.75, 3.05) is 6.61 Å². The molecule has 2 nitrogen and oxygen atoms in total. The van der Waals surface area contributed by atoms with Crippen molar-refractivity contribution in [2.45, 2.75) is 26.3 Å². The summed E-state index contributed by atoms with van der Waals surface area (Å²) < 4.78 is 19.6. The Bertz CT molecular complexity index is 656. The lowest BCUT2D eigenvalue weighted by Gasteiger charge is -2.06. The zero-order chi connectivity index (χ0) is 14.8. The maximum Gasteiger partial charge on any atom is 0.220 e.